The summed E-state index contributed by atoms with van der Waals surface area (Å²) in [6.07, 6.45) is 0.955. The molecule has 1 heterocycles. The smallest absolute Gasteiger partial charge is 0.238 e. The highest BCUT2D eigenvalue weighted by Crippen LogP contribution is 2.23. The van der Waals surface area contributed by atoms with Gasteiger partial charge in [0.2, 0.25) is 5.91 Å². The summed E-state index contributed by atoms with van der Waals surface area (Å²) in [4.78, 5) is 16.0. The number of carbonyl (C=O) groups excluding carboxylic acids is 1. The first-order chi connectivity index (χ1) is 9.08. The lowest BCUT2D eigenvalue weighted by atomic mass is 10.1. The van der Waals surface area contributed by atoms with Gasteiger partial charge in [0.25, 0.3) is 0 Å². The minimum absolute atomic E-state index is 0.0214. The molecule has 1 saturated heterocycles. The lowest BCUT2D eigenvalue weighted by Crippen LogP contribution is -2.32. The summed E-state index contributed by atoms with van der Waals surface area (Å²) in [5, 5.41) is 3.97. The van der Waals surface area contributed by atoms with Crippen molar-refractivity contribution in [2.45, 2.75) is 12.6 Å². The minimum atomic E-state index is -0.0214. The van der Waals surface area contributed by atoms with Gasteiger partial charge in [0, 0.05) is 11.6 Å². The Morgan fingerprint density at radius 1 is 1.37 bits per heavy atom. The zero-order valence-electron chi connectivity index (χ0n) is 11.4. The Hall–Kier alpha value is -1.10. The second kappa shape index (κ2) is 6.37. The molecule has 0 saturated carbocycles. The van der Waals surface area contributed by atoms with E-state index in [1.54, 1.807) is 0 Å². The van der Waals surface area contributed by atoms with Gasteiger partial charge in [-0.2, -0.15) is 0 Å². The minimum Gasteiger partial charge on any atom is -0.322 e. The van der Waals surface area contributed by atoms with Crippen LogP contribution in [-0.2, 0) is 4.79 Å². The van der Waals surface area contributed by atoms with Crippen LogP contribution in [0.15, 0.2) is 24.3 Å². The molecule has 1 unspecified atom stereocenters. The predicted molar refractivity (Wildman–Crippen MR) is 77.1 cm³/mol. The molecule has 2 rings (SSSR count). The maximum Gasteiger partial charge on any atom is 0.238 e. The summed E-state index contributed by atoms with van der Waals surface area (Å²) in [6.45, 7) is 2.17. The van der Waals surface area contributed by atoms with E-state index in [9.17, 15) is 4.79 Å². The van der Waals surface area contributed by atoms with E-state index < -0.39 is 0 Å². The van der Waals surface area contributed by atoms with Crippen LogP contribution in [0.4, 0.5) is 0 Å². The van der Waals surface area contributed by atoms with Gasteiger partial charge >= 0.3 is 0 Å². The van der Waals surface area contributed by atoms with Gasteiger partial charge in [-0.15, -0.1) is 0 Å². The molecule has 19 heavy (non-hydrogen) atoms. The molecule has 0 spiro atoms. The topological polar surface area (TPSA) is 35.6 Å². The Kier molecular flexibility index (Phi) is 4.80. The molecular formula is C14H20ClN3O. The van der Waals surface area contributed by atoms with Gasteiger partial charge in [0.1, 0.15) is 6.17 Å². The predicted octanol–water partition coefficient (Wildman–Crippen LogP) is 1.72. The van der Waals surface area contributed by atoms with Gasteiger partial charge in [-0.25, -0.2) is 0 Å². The highest BCUT2D eigenvalue weighted by Gasteiger charge is 2.30. The van der Waals surface area contributed by atoms with Crippen LogP contribution >= 0.6 is 11.6 Å². The second-order valence-corrected chi connectivity index (χ2v) is 5.52. The Bertz CT molecular complexity index is 433. The highest BCUT2D eigenvalue weighted by molar-refractivity contribution is 6.30. The standard InChI is InChI=1S/C14H20ClN3O/c1-17(2)8-3-9-18-13(19)10-16-14(18)11-4-6-12(15)7-5-11/h4-7,14,16H,3,8-10H2,1-2H3. The number of benzene rings is 1. The first-order valence-electron chi connectivity index (χ1n) is 6.51. The molecular weight excluding hydrogens is 262 g/mol. The number of nitrogens with one attached hydrogen (secondary N) is 1. The molecule has 1 fully saturated rings. The average Bonchev–Trinajstić information content (AvgIpc) is 2.72. The van der Waals surface area contributed by atoms with Crippen molar-refractivity contribution in [1.29, 1.82) is 0 Å². The van der Waals surface area contributed by atoms with Crippen LogP contribution in [-0.4, -0.2) is 49.4 Å². The molecule has 0 bridgehead atoms. The maximum atomic E-state index is 11.9. The van der Waals surface area contributed by atoms with Crippen LogP contribution in [0.25, 0.3) is 0 Å². The highest BCUT2D eigenvalue weighted by atomic mass is 35.5. The fourth-order valence-electron chi connectivity index (χ4n) is 2.29. The molecule has 0 aliphatic carbocycles. The molecule has 1 amide bonds. The molecule has 1 aliphatic rings. The average molecular weight is 282 g/mol. The van der Waals surface area contributed by atoms with E-state index in [1.165, 1.54) is 0 Å². The van der Waals surface area contributed by atoms with E-state index in [4.69, 9.17) is 11.6 Å². The number of rotatable bonds is 5. The molecule has 4 nitrogen and oxygen atoms in total. The fraction of sp³-hybridized carbons (Fsp3) is 0.500. The summed E-state index contributed by atoms with van der Waals surface area (Å²) < 4.78 is 0. The van der Waals surface area contributed by atoms with Crippen LogP contribution in [0.3, 0.4) is 0 Å². The van der Waals surface area contributed by atoms with Crippen LogP contribution < -0.4 is 5.32 Å². The van der Waals surface area contributed by atoms with Gasteiger partial charge < -0.3 is 9.80 Å². The van der Waals surface area contributed by atoms with Crippen LogP contribution in [0.1, 0.15) is 18.2 Å². The Balaban J connectivity index is 2.02. The number of amides is 1. The van der Waals surface area contributed by atoms with Gasteiger partial charge in [0.15, 0.2) is 0 Å². The molecule has 5 heteroatoms. The summed E-state index contributed by atoms with van der Waals surface area (Å²) in [5.74, 6) is 0.165. The SMILES string of the molecule is CN(C)CCCN1C(=O)CNC1c1ccc(Cl)cc1. The molecule has 1 aliphatic heterocycles. The Labute approximate surface area is 119 Å². The van der Waals surface area contributed by atoms with Crippen molar-refractivity contribution >= 4 is 17.5 Å². The van der Waals surface area contributed by atoms with E-state index in [0.717, 1.165) is 25.1 Å². The van der Waals surface area contributed by atoms with Crippen molar-refractivity contribution in [3.63, 3.8) is 0 Å². The monoisotopic (exact) mass is 281 g/mol. The number of hydrogen-bond donors (Lipinski definition) is 1. The Morgan fingerprint density at radius 2 is 2.05 bits per heavy atom. The second-order valence-electron chi connectivity index (χ2n) is 5.08. The summed E-state index contributed by atoms with van der Waals surface area (Å²) in [6, 6.07) is 7.66. The van der Waals surface area contributed by atoms with E-state index in [0.29, 0.717) is 11.6 Å². The quantitative estimate of drug-likeness (QED) is 0.893. The number of carbonyl (C=O) groups is 1. The zero-order chi connectivity index (χ0) is 13.8. The van der Waals surface area contributed by atoms with Crippen molar-refractivity contribution in [3.8, 4) is 0 Å². The first kappa shape index (κ1) is 14.3. The third-order valence-corrected chi connectivity index (χ3v) is 3.52. The lowest BCUT2D eigenvalue weighted by molar-refractivity contribution is -0.128. The van der Waals surface area contributed by atoms with Gasteiger partial charge in [-0.1, -0.05) is 23.7 Å². The summed E-state index contributed by atoms with van der Waals surface area (Å²) >= 11 is 5.90. The van der Waals surface area contributed by atoms with Crippen LogP contribution in [0.2, 0.25) is 5.02 Å². The molecule has 0 aromatic heterocycles. The van der Waals surface area contributed by atoms with Crippen molar-refractivity contribution < 1.29 is 4.79 Å². The van der Waals surface area contributed by atoms with E-state index in [1.807, 2.05) is 43.3 Å². The number of nitrogens with zero attached hydrogens (tertiary/aromatic N) is 2. The van der Waals surface area contributed by atoms with Crippen molar-refractivity contribution in [2.75, 3.05) is 33.7 Å². The molecule has 1 aromatic carbocycles. The number of halogens is 1. The van der Waals surface area contributed by atoms with Crippen molar-refractivity contribution in [2.24, 2.45) is 0 Å². The largest absolute Gasteiger partial charge is 0.322 e. The first-order valence-corrected chi connectivity index (χ1v) is 6.89. The normalized spacial score (nSPS) is 19.5. The maximum absolute atomic E-state index is 11.9. The zero-order valence-corrected chi connectivity index (χ0v) is 12.2. The van der Waals surface area contributed by atoms with Crippen molar-refractivity contribution in [1.82, 2.24) is 15.1 Å². The van der Waals surface area contributed by atoms with Crippen LogP contribution in [0.5, 0.6) is 0 Å². The lowest BCUT2D eigenvalue weighted by Gasteiger charge is -2.25. The van der Waals surface area contributed by atoms with Gasteiger partial charge in [-0.05, 0) is 44.8 Å². The molecule has 104 valence electrons. The van der Waals surface area contributed by atoms with Crippen LogP contribution in [0, 0.1) is 0 Å². The number of hydrogen-bond acceptors (Lipinski definition) is 3. The van der Waals surface area contributed by atoms with E-state index in [-0.39, 0.29) is 12.1 Å². The summed E-state index contributed by atoms with van der Waals surface area (Å²) in [5.41, 5.74) is 1.08. The molecule has 0 radical (unpaired) electrons. The van der Waals surface area contributed by atoms with E-state index >= 15 is 0 Å². The van der Waals surface area contributed by atoms with Crippen molar-refractivity contribution in [3.05, 3.63) is 34.9 Å². The van der Waals surface area contributed by atoms with Gasteiger partial charge in [0.05, 0.1) is 6.54 Å². The molecule has 1 atom stereocenters. The third kappa shape index (κ3) is 3.69. The molecule has 1 N–H and O–H groups in total. The Morgan fingerprint density at radius 3 is 2.68 bits per heavy atom. The van der Waals surface area contributed by atoms with E-state index in [2.05, 4.69) is 10.2 Å². The fourth-order valence-corrected chi connectivity index (χ4v) is 2.42. The molecule has 1 aromatic rings. The summed E-state index contributed by atoms with van der Waals surface area (Å²) in [7, 11) is 4.08. The third-order valence-electron chi connectivity index (χ3n) is 3.27. The van der Waals surface area contributed by atoms with Gasteiger partial charge in [-0.3, -0.25) is 10.1 Å².